The molecule has 20 heavy (non-hydrogen) atoms. The van der Waals surface area contributed by atoms with Crippen LogP contribution in [-0.4, -0.2) is 39.1 Å². The maximum absolute atomic E-state index is 13.7. The molecule has 7 heteroatoms. The van der Waals surface area contributed by atoms with E-state index in [9.17, 15) is 17.2 Å². The molecule has 1 aromatic rings. The summed E-state index contributed by atoms with van der Waals surface area (Å²) in [4.78, 5) is 0. The van der Waals surface area contributed by atoms with Crippen LogP contribution >= 0.6 is 0 Å². The van der Waals surface area contributed by atoms with Crippen LogP contribution in [-0.2, 0) is 14.6 Å². The van der Waals surface area contributed by atoms with E-state index < -0.39 is 26.7 Å². The Kier molecular flexibility index (Phi) is 6.51. The standard InChI is InChI=1S/C13H18F2O4S/c1-2-13(11-4-3-10(14)9-12(11)15)20(17,18)8-7-19-6-5-16/h3-4,9,13,16H,2,5-8H2,1H3. The smallest absolute Gasteiger partial charge is 0.159 e. The first kappa shape index (κ1) is 17.0. The van der Waals surface area contributed by atoms with Gasteiger partial charge in [-0.3, -0.25) is 0 Å². The van der Waals surface area contributed by atoms with Crippen LogP contribution in [0.2, 0.25) is 0 Å². The van der Waals surface area contributed by atoms with E-state index in [4.69, 9.17) is 9.84 Å². The van der Waals surface area contributed by atoms with E-state index in [1.807, 2.05) is 0 Å². The van der Waals surface area contributed by atoms with Crippen LogP contribution in [0.5, 0.6) is 0 Å². The number of benzene rings is 1. The van der Waals surface area contributed by atoms with Crippen LogP contribution in [0.15, 0.2) is 18.2 Å². The van der Waals surface area contributed by atoms with Gasteiger partial charge in [0.15, 0.2) is 9.84 Å². The molecule has 0 aliphatic heterocycles. The lowest BCUT2D eigenvalue weighted by atomic mass is 10.1. The minimum absolute atomic E-state index is 0.0314. The maximum Gasteiger partial charge on any atom is 0.159 e. The van der Waals surface area contributed by atoms with E-state index in [0.29, 0.717) is 6.07 Å². The van der Waals surface area contributed by atoms with E-state index in [2.05, 4.69) is 0 Å². The molecule has 114 valence electrons. The Labute approximate surface area is 117 Å². The number of sulfone groups is 1. The van der Waals surface area contributed by atoms with Crippen molar-refractivity contribution in [2.75, 3.05) is 25.6 Å². The molecular formula is C13H18F2O4S. The number of hydrogen-bond donors (Lipinski definition) is 1. The summed E-state index contributed by atoms with van der Waals surface area (Å²) in [5.41, 5.74) is -0.0314. The van der Waals surface area contributed by atoms with E-state index in [1.165, 1.54) is 0 Å². The molecule has 0 bridgehead atoms. The number of rotatable bonds is 8. The monoisotopic (exact) mass is 308 g/mol. The Morgan fingerprint density at radius 1 is 1.30 bits per heavy atom. The van der Waals surface area contributed by atoms with Gasteiger partial charge in [-0.05, 0) is 12.5 Å². The lowest BCUT2D eigenvalue weighted by Gasteiger charge is -2.17. The quantitative estimate of drug-likeness (QED) is 0.744. The molecule has 4 nitrogen and oxygen atoms in total. The first-order chi connectivity index (χ1) is 9.42. The molecule has 0 heterocycles. The number of aliphatic hydroxyl groups excluding tert-OH is 1. The largest absolute Gasteiger partial charge is 0.394 e. The van der Waals surface area contributed by atoms with E-state index in [1.54, 1.807) is 6.92 Å². The van der Waals surface area contributed by atoms with Crippen molar-refractivity contribution in [2.24, 2.45) is 0 Å². The highest BCUT2D eigenvalue weighted by atomic mass is 32.2. The van der Waals surface area contributed by atoms with Crippen molar-refractivity contribution in [1.29, 1.82) is 0 Å². The second-order valence-corrected chi connectivity index (χ2v) is 6.57. The summed E-state index contributed by atoms with van der Waals surface area (Å²) in [6.45, 7) is 1.42. The zero-order chi connectivity index (χ0) is 15.2. The van der Waals surface area contributed by atoms with Gasteiger partial charge in [0.1, 0.15) is 11.6 Å². The minimum Gasteiger partial charge on any atom is -0.394 e. The Balaban J connectivity index is 2.88. The summed E-state index contributed by atoms with van der Waals surface area (Å²) in [7, 11) is -3.61. The Bertz CT molecular complexity index is 531. The van der Waals surface area contributed by atoms with E-state index in [0.717, 1.165) is 12.1 Å². The highest BCUT2D eigenvalue weighted by Crippen LogP contribution is 2.29. The third-order valence-electron chi connectivity index (χ3n) is 2.86. The SMILES string of the molecule is CCC(c1ccc(F)cc1F)S(=O)(=O)CCOCCO. The lowest BCUT2D eigenvalue weighted by Crippen LogP contribution is -2.21. The maximum atomic E-state index is 13.7. The fourth-order valence-corrected chi connectivity index (χ4v) is 3.63. The summed E-state index contributed by atoms with van der Waals surface area (Å²) in [5.74, 6) is -1.89. The van der Waals surface area contributed by atoms with E-state index in [-0.39, 0.29) is 37.6 Å². The topological polar surface area (TPSA) is 63.6 Å². The van der Waals surface area contributed by atoms with Gasteiger partial charge >= 0.3 is 0 Å². The van der Waals surface area contributed by atoms with Gasteiger partial charge in [0.05, 0.1) is 30.8 Å². The van der Waals surface area contributed by atoms with E-state index >= 15 is 0 Å². The second-order valence-electron chi connectivity index (χ2n) is 4.27. The molecule has 0 saturated carbocycles. The summed E-state index contributed by atoms with van der Waals surface area (Å²) in [6.07, 6.45) is 0.185. The first-order valence-corrected chi connectivity index (χ1v) is 7.99. The normalized spacial score (nSPS) is 13.4. The van der Waals surface area contributed by atoms with Gasteiger partial charge in [0.2, 0.25) is 0 Å². The fourth-order valence-electron chi connectivity index (χ4n) is 1.91. The average Bonchev–Trinajstić information content (AvgIpc) is 2.38. The number of hydrogen-bond acceptors (Lipinski definition) is 4. The van der Waals surface area contributed by atoms with Crippen LogP contribution in [0.3, 0.4) is 0 Å². The lowest BCUT2D eigenvalue weighted by molar-refractivity contribution is 0.103. The molecule has 0 fully saturated rings. The molecule has 1 unspecified atom stereocenters. The van der Waals surface area contributed by atoms with Gasteiger partial charge in [-0.2, -0.15) is 0 Å². The molecule has 1 N–H and O–H groups in total. The highest BCUT2D eigenvalue weighted by molar-refractivity contribution is 7.91. The zero-order valence-electron chi connectivity index (χ0n) is 11.2. The van der Waals surface area contributed by atoms with Gasteiger partial charge < -0.3 is 9.84 Å². The third kappa shape index (κ3) is 4.50. The summed E-state index contributed by atoms with van der Waals surface area (Å²) < 4.78 is 55.8. The highest BCUT2D eigenvalue weighted by Gasteiger charge is 2.27. The van der Waals surface area contributed by atoms with Crippen LogP contribution < -0.4 is 0 Å². The van der Waals surface area contributed by atoms with Crippen LogP contribution in [0, 0.1) is 11.6 Å². The predicted octanol–water partition coefficient (Wildman–Crippen LogP) is 1.84. The predicted molar refractivity (Wildman–Crippen MR) is 71.1 cm³/mol. The summed E-state index contributed by atoms with van der Waals surface area (Å²) in [5, 5.41) is 7.50. The fraction of sp³-hybridized carbons (Fsp3) is 0.538. The third-order valence-corrected chi connectivity index (χ3v) is 5.05. The molecule has 0 amide bonds. The Hall–Kier alpha value is -1.05. The first-order valence-electron chi connectivity index (χ1n) is 6.27. The zero-order valence-corrected chi connectivity index (χ0v) is 12.0. The van der Waals surface area contributed by atoms with Crippen molar-refractivity contribution in [3.05, 3.63) is 35.4 Å². The van der Waals surface area contributed by atoms with Crippen molar-refractivity contribution >= 4 is 9.84 Å². The van der Waals surface area contributed by atoms with Crippen LogP contribution in [0.1, 0.15) is 24.2 Å². The van der Waals surface area contributed by atoms with Gasteiger partial charge in [0, 0.05) is 11.6 Å². The van der Waals surface area contributed by atoms with Gasteiger partial charge in [-0.1, -0.05) is 13.0 Å². The van der Waals surface area contributed by atoms with Gasteiger partial charge in [-0.15, -0.1) is 0 Å². The molecule has 1 aromatic carbocycles. The average molecular weight is 308 g/mol. The second kappa shape index (κ2) is 7.66. The molecule has 0 aliphatic rings. The molecule has 0 spiro atoms. The molecule has 0 aromatic heterocycles. The van der Waals surface area contributed by atoms with Crippen molar-refractivity contribution in [1.82, 2.24) is 0 Å². The molecular weight excluding hydrogens is 290 g/mol. The number of ether oxygens (including phenoxy) is 1. The molecule has 1 atom stereocenters. The molecule has 0 radical (unpaired) electrons. The van der Waals surface area contributed by atoms with Crippen molar-refractivity contribution in [3.8, 4) is 0 Å². The molecule has 1 rings (SSSR count). The number of halogens is 2. The summed E-state index contributed by atoms with van der Waals surface area (Å²) in [6, 6.07) is 2.87. The minimum atomic E-state index is -3.61. The Morgan fingerprint density at radius 3 is 2.55 bits per heavy atom. The van der Waals surface area contributed by atoms with Crippen LogP contribution in [0.4, 0.5) is 8.78 Å². The van der Waals surface area contributed by atoms with Crippen molar-refractivity contribution < 1.29 is 27.0 Å². The van der Waals surface area contributed by atoms with Crippen molar-refractivity contribution in [3.63, 3.8) is 0 Å². The Morgan fingerprint density at radius 2 is 2.00 bits per heavy atom. The van der Waals surface area contributed by atoms with Crippen molar-refractivity contribution in [2.45, 2.75) is 18.6 Å². The number of aliphatic hydroxyl groups is 1. The van der Waals surface area contributed by atoms with Gasteiger partial charge in [0.25, 0.3) is 0 Å². The van der Waals surface area contributed by atoms with Gasteiger partial charge in [-0.25, -0.2) is 17.2 Å². The summed E-state index contributed by atoms with van der Waals surface area (Å²) >= 11 is 0. The molecule has 0 saturated heterocycles. The van der Waals surface area contributed by atoms with Crippen LogP contribution in [0.25, 0.3) is 0 Å². The molecule has 0 aliphatic carbocycles.